The lowest BCUT2D eigenvalue weighted by Crippen LogP contribution is -2.14. The third kappa shape index (κ3) is 4.05. The lowest BCUT2D eigenvalue weighted by Gasteiger charge is -2.12. The number of nitrogens with one attached hydrogen (secondary N) is 1. The lowest BCUT2D eigenvalue weighted by atomic mass is 10.1. The van der Waals surface area contributed by atoms with Crippen LogP contribution in [0.15, 0.2) is 46.9 Å². The highest BCUT2D eigenvalue weighted by atomic mass is 79.9. The summed E-state index contributed by atoms with van der Waals surface area (Å²) in [4.78, 5) is 0. The standard InChI is InChI=1S/C16H17BrFNO/c1-2-19-10-12-5-3-4-6-13(12)11-20-16-8-7-14(17)9-15(16)18/h3-9,19H,2,10-11H2,1H3. The SMILES string of the molecule is CCNCc1ccccc1COc1ccc(Br)cc1F. The molecular weight excluding hydrogens is 321 g/mol. The Labute approximate surface area is 127 Å². The Kier molecular flexibility index (Phi) is 5.56. The molecule has 20 heavy (non-hydrogen) atoms. The van der Waals surface area contributed by atoms with Crippen molar-refractivity contribution in [1.29, 1.82) is 0 Å². The summed E-state index contributed by atoms with van der Waals surface area (Å²) < 4.78 is 20.0. The van der Waals surface area contributed by atoms with Gasteiger partial charge in [0.05, 0.1) is 0 Å². The summed E-state index contributed by atoms with van der Waals surface area (Å²) in [5.74, 6) is -0.0880. The van der Waals surface area contributed by atoms with E-state index in [1.54, 1.807) is 12.1 Å². The molecule has 0 bridgehead atoms. The van der Waals surface area contributed by atoms with E-state index in [-0.39, 0.29) is 11.6 Å². The summed E-state index contributed by atoms with van der Waals surface area (Å²) in [7, 11) is 0. The van der Waals surface area contributed by atoms with Gasteiger partial charge in [-0.05, 0) is 35.9 Å². The summed E-state index contributed by atoms with van der Waals surface area (Å²) in [6.07, 6.45) is 0. The first kappa shape index (κ1) is 15.0. The van der Waals surface area contributed by atoms with Crippen LogP contribution in [0, 0.1) is 5.82 Å². The van der Waals surface area contributed by atoms with Gasteiger partial charge in [0.15, 0.2) is 11.6 Å². The first-order chi connectivity index (χ1) is 9.70. The fourth-order valence-electron chi connectivity index (χ4n) is 1.88. The molecule has 0 aliphatic carbocycles. The summed E-state index contributed by atoms with van der Waals surface area (Å²) in [5.41, 5.74) is 2.24. The van der Waals surface area contributed by atoms with E-state index in [0.717, 1.165) is 18.7 Å². The van der Waals surface area contributed by atoms with Crippen molar-refractivity contribution in [3.05, 3.63) is 63.9 Å². The molecule has 0 fully saturated rings. The second-order valence-corrected chi connectivity index (χ2v) is 5.33. The van der Waals surface area contributed by atoms with Gasteiger partial charge >= 0.3 is 0 Å². The molecule has 2 aromatic carbocycles. The fourth-order valence-corrected chi connectivity index (χ4v) is 2.21. The minimum absolute atomic E-state index is 0.270. The van der Waals surface area contributed by atoms with Crippen LogP contribution in [0.2, 0.25) is 0 Å². The minimum atomic E-state index is -0.358. The first-order valence-electron chi connectivity index (χ1n) is 6.56. The molecule has 106 valence electrons. The van der Waals surface area contributed by atoms with Crippen molar-refractivity contribution < 1.29 is 9.13 Å². The third-order valence-electron chi connectivity index (χ3n) is 2.96. The lowest BCUT2D eigenvalue weighted by molar-refractivity contribution is 0.289. The molecule has 0 aliphatic rings. The molecule has 1 N–H and O–H groups in total. The van der Waals surface area contributed by atoms with Crippen LogP contribution in [-0.4, -0.2) is 6.54 Å². The molecule has 0 unspecified atom stereocenters. The van der Waals surface area contributed by atoms with Crippen molar-refractivity contribution in [1.82, 2.24) is 5.32 Å². The fraction of sp³-hybridized carbons (Fsp3) is 0.250. The van der Waals surface area contributed by atoms with Crippen LogP contribution in [0.25, 0.3) is 0 Å². The van der Waals surface area contributed by atoms with Crippen LogP contribution < -0.4 is 10.1 Å². The van der Waals surface area contributed by atoms with Gasteiger partial charge in [0.25, 0.3) is 0 Å². The Morgan fingerprint density at radius 1 is 1.15 bits per heavy atom. The molecule has 0 heterocycles. The van der Waals surface area contributed by atoms with E-state index in [0.29, 0.717) is 11.1 Å². The van der Waals surface area contributed by atoms with E-state index in [4.69, 9.17) is 4.74 Å². The summed E-state index contributed by atoms with van der Waals surface area (Å²) >= 11 is 3.23. The first-order valence-corrected chi connectivity index (χ1v) is 7.35. The van der Waals surface area contributed by atoms with Crippen LogP contribution in [0.4, 0.5) is 4.39 Å². The van der Waals surface area contributed by atoms with Crippen molar-refractivity contribution in [3.8, 4) is 5.75 Å². The normalized spacial score (nSPS) is 10.6. The molecule has 0 amide bonds. The van der Waals surface area contributed by atoms with Gasteiger partial charge in [0.1, 0.15) is 6.61 Å². The Morgan fingerprint density at radius 2 is 1.90 bits per heavy atom. The quantitative estimate of drug-likeness (QED) is 0.849. The second-order valence-electron chi connectivity index (χ2n) is 4.41. The molecule has 0 saturated heterocycles. The van der Waals surface area contributed by atoms with Crippen LogP contribution >= 0.6 is 15.9 Å². The highest BCUT2D eigenvalue weighted by Crippen LogP contribution is 2.22. The second kappa shape index (κ2) is 7.41. The maximum atomic E-state index is 13.7. The van der Waals surface area contributed by atoms with Crippen LogP contribution in [0.1, 0.15) is 18.1 Å². The van der Waals surface area contributed by atoms with E-state index in [1.807, 2.05) is 18.2 Å². The van der Waals surface area contributed by atoms with Gasteiger partial charge in [-0.25, -0.2) is 4.39 Å². The maximum Gasteiger partial charge on any atom is 0.166 e. The topological polar surface area (TPSA) is 21.3 Å². The molecule has 4 heteroatoms. The van der Waals surface area contributed by atoms with Crippen molar-refractivity contribution >= 4 is 15.9 Å². The molecule has 0 saturated carbocycles. The van der Waals surface area contributed by atoms with E-state index >= 15 is 0 Å². The average Bonchev–Trinajstić information content (AvgIpc) is 2.45. The molecule has 0 spiro atoms. The van der Waals surface area contributed by atoms with Gasteiger partial charge in [0, 0.05) is 11.0 Å². The number of halogens is 2. The van der Waals surface area contributed by atoms with Crippen LogP contribution in [-0.2, 0) is 13.2 Å². The summed E-state index contributed by atoms with van der Waals surface area (Å²) in [6, 6.07) is 12.8. The minimum Gasteiger partial charge on any atom is -0.486 e. The van der Waals surface area contributed by atoms with Gasteiger partial charge in [-0.3, -0.25) is 0 Å². The van der Waals surface area contributed by atoms with E-state index in [1.165, 1.54) is 11.6 Å². The molecule has 0 aliphatic heterocycles. The maximum absolute atomic E-state index is 13.7. The zero-order chi connectivity index (χ0) is 14.4. The van der Waals surface area contributed by atoms with Crippen molar-refractivity contribution in [2.45, 2.75) is 20.1 Å². The van der Waals surface area contributed by atoms with Crippen molar-refractivity contribution in [2.75, 3.05) is 6.54 Å². The highest BCUT2D eigenvalue weighted by Gasteiger charge is 2.06. The van der Waals surface area contributed by atoms with Crippen molar-refractivity contribution in [2.24, 2.45) is 0 Å². The third-order valence-corrected chi connectivity index (χ3v) is 3.45. The van der Waals surface area contributed by atoms with Gasteiger partial charge in [-0.1, -0.05) is 47.1 Å². The average molecular weight is 338 g/mol. The molecular formula is C16H17BrFNO. The summed E-state index contributed by atoms with van der Waals surface area (Å²) in [5, 5.41) is 3.29. The number of ether oxygens (including phenoxy) is 1. The Hall–Kier alpha value is -1.39. The zero-order valence-electron chi connectivity index (χ0n) is 11.3. The molecule has 2 nitrogen and oxygen atoms in total. The largest absolute Gasteiger partial charge is 0.486 e. The molecule has 2 rings (SSSR count). The number of benzene rings is 2. The van der Waals surface area contributed by atoms with Crippen LogP contribution in [0.3, 0.4) is 0 Å². The van der Waals surface area contributed by atoms with Gasteiger partial charge in [-0.2, -0.15) is 0 Å². The predicted octanol–water partition coefficient (Wildman–Crippen LogP) is 4.28. The van der Waals surface area contributed by atoms with E-state index in [9.17, 15) is 4.39 Å². The smallest absolute Gasteiger partial charge is 0.166 e. The predicted molar refractivity (Wildman–Crippen MR) is 82.3 cm³/mol. The number of rotatable bonds is 6. The number of hydrogen-bond donors (Lipinski definition) is 1. The highest BCUT2D eigenvalue weighted by molar-refractivity contribution is 9.10. The zero-order valence-corrected chi connectivity index (χ0v) is 12.9. The summed E-state index contributed by atoms with van der Waals surface area (Å²) in [6.45, 7) is 4.13. The molecule has 0 radical (unpaired) electrons. The van der Waals surface area contributed by atoms with E-state index in [2.05, 4.69) is 34.2 Å². The number of hydrogen-bond acceptors (Lipinski definition) is 2. The van der Waals surface area contributed by atoms with Gasteiger partial charge in [-0.15, -0.1) is 0 Å². The monoisotopic (exact) mass is 337 g/mol. The van der Waals surface area contributed by atoms with E-state index < -0.39 is 0 Å². The Bertz CT molecular complexity index is 574. The Balaban J connectivity index is 2.06. The Morgan fingerprint density at radius 3 is 2.60 bits per heavy atom. The molecule has 0 aromatic heterocycles. The van der Waals surface area contributed by atoms with Crippen molar-refractivity contribution in [3.63, 3.8) is 0 Å². The molecule has 0 atom stereocenters. The van der Waals surface area contributed by atoms with Crippen LogP contribution in [0.5, 0.6) is 5.75 Å². The van der Waals surface area contributed by atoms with Gasteiger partial charge in [0.2, 0.25) is 0 Å². The molecule has 2 aromatic rings. The van der Waals surface area contributed by atoms with Gasteiger partial charge < -0.3 is 10.1 Å².